The molecule has 0 aliphatic heterocycles. The molecule has 2 rings (SSSR count). The molecule has 2 aromatic rings. The molecule has 80 valence electrons. The summed E-state index contributed by atoms with van der Waals surface area (Å²) >= 11 is 0. The van der Waals surface area contributed by atoms with Gasteiger partial charge in [0.05, 0.1) is 0 Å². The fraction of sp³-hybridized carbons (Fsp3) is 0.0714. The van der Waals surface area contributed by atoms with Crippen LogP contribution in [0.1, 0.15) is 16.7 Å². The summed E-state index contributed by atoms with van der Waals surface area (Å²) in [7, 11) is 0. The zero-order chi connectivity index (χ0) is 11.4. The van der Waals surface area contributed by atoms with Crippen molar-refractivity contribution in [2.45, 2.75) is 6.92 Å². The lowest BCUT2D eigenvalue weighted by Gasteiger charge is -2.07. The Balaban J connectivity index is 2.51. The molecule has 0 spiro atoms. The highest BCUT2D eigenvalue weighted by Crippen LogP contribution is 2.14. The van der Waals surface area contributed by atoms with Gasteiger partial charge in [0.15, 0.2) is 0 Å². The van der Waals surface area contributed by atoms with Crippen LogP contribution in [0.4, 0.5) is 0 Å². The Morgan fingerprint density at radius 2 is 1.56 bits per heavy atom. The van der Waals surface area contributed by atoms with E-state index in [0.29, 0.717) is 5.71 Å². The minimum atomic E-state index is 0.610. The van der Waals surface area contributed by atoms with Gasteiger partial charge in [0.2, 0.25) is 0 Å². The van der Waals surface area contributed by atoms with Gasteiger partial charge in [-0.25, -0.2) is 0 Å². The fourth-order valence-electron chi connectivity index (χ4n) is 1.70. The van der Waals surface area contributed by atoms with Crippen LogP contribution in [0, 0.1) is 6.92 Å². The van der Waals surface area contributed by atoms with Crippen molar-refractivity contribution >= 4 is 5.71 Å². The van der Waals surface area contributed by atoms with Gasteiger partial charge in [-0.15, -0.1) is 0 Å². The van der Waals surface area contributed by atoms with E-state index in [1.807, 2.05) is 61.5 Å². The van der Waals surface area contributed by atoms with Crippen LogP contribution >= 0.6 is 0 Å². The van der Waals surface area contributed by atoms with Gasteiger partial charge in [-0.2, -0.15) is 0 Å². The SMILES string of the molecule is Cc1ccccc1/C(=N\O)c1ccccc1. The predicted molar refractivity (Wildman–Crippen MR) is 65.0 cm³/mol. The first-order valence-electron chi connectivity index (χ1n) is 5.16. The quantitative estimate of drug-likeness (QED) is 0.461. The Bertz CT molecular complexity index is 503. The predicted octanol–water partition coefficient (Wildman–Crippen LogP) is 3.22. The number of hydrogen-bond donors (Lipinski definition) is 1. The Morgan fingerprint density at radius 3 is 2.19 bits per heavy atom. The van der Waals surface area contributed by atoms with E-state index in [0.717, 1.165) is 16.7 Å². The molecule has 1 N–H and O–H groups in total. The van der Waals surface area contributed by atoms with Crippen LogP contribution in [0.25, 0.3) is 0 Å². The third kappa shape index (κ3) is 1.96. The van der Waals surface area contributed by atoms with E-state index >= 15 is 0 Å². The Hall–Kier alpha value is -2.09. The van der Waals surface area contributed by atoms with Crippen LogP contribution < -0.4 is 0 Å². The monoisotopic (exact) mass is 211 g/mol. The van der Waals surface area contributed by atoms with Crippen LogP contribution in [0.3, 0.4) is 0 Å². The standard InChI is InChI=1S/C14H13NO/c1-11-7-5-6-10-13(11)14(15-16)12-8-3-2-4-9-12/h2-10,16H,1H3/b15-14-. The summed E-state index contributed by atoms with van der Waals surface area (Å²) < 4.78 is 0. The van der Waals surface area contributed by atoms with E-state index in [-0.39, 0.29) is 0 Å². The van der Waals surface area contributed by atoms with E-state index in [1.165, 1.54) is 0 Å². The van der Waals surface area contributed by atoms with Crippen LogP contribution in [-0.2, 0) is 0 Å². The Labute approximate surface area is 94.9 Å². The van der Waals surface area contributed by atoms with Gasteiger partial charge in [0, 0.05) is 11.1 Å². The lowest BCUT2D eigenvalue weighted by Crippen LogP contribution is -2.05. The van der Waals surface area contributed by atoms with Crippen molar-refractivity contribution in [3.8, 4) is 0 Å². The zero-order valence-corrected chi connectivity index (χ0v) is 9.09. The molecule has 0 aliphatic carbocycles. The molecule has 0 heterocycles. The van der Waals surface area contributed by atoms with Gasteiger partial charge in [-0.05, 0) is 12.5 Å². The third-order valence-electron chi connectivity index (χ3n) is 2.55. The van der Waals surface area contributed by atoms with Crippen molar-refractivity contribution in [3.05, 3.63) is 71.3 Å². The highest BCUT2D eigenvalue weighted by Gasteiger charge is 2.08. The zero-order valence-electron chi connectivity index (χ0n) is 9.09. The van der Waals surface area contributed by atoms with Gasteiger partial charge in [-0.1, -0.05) is 59.8 Å². The largest absolute Gasteiger partial charge is 0.410 e. The highest BCUT2D eigenvalue weighted by molar-refractivity contribution is 6.13. The normalized spacial score (nSPS) is 11.4. The van der Waals surface area contributed by atoms with Crippen molar-refractivity contribution in [1.82, 2.24) is 0 Å². The molecular weight excluding hydrogens is 198 g/mol. The Kier molecular flexibility index (Phi) is 3.01. The van der Waals surface area contributed by atoms with Crippen LogP contribution in [-0.4, -0.2) is 10.9 Å². The minimum absolute atomic E-state index is 0.610. The van der Waals surface area contributed by atoms with Crippen molar-refractivity contribution in [3.63, 3.8) is 0 Å². The van der Waals surface area contributed by atoms with Crippen molar-refractivity contribution in [2.24, 2.45) is 5.16 Å². The molecule has 0 aliphatic rings. The highest BCUT2D eigenvalue weighted by atomic mass is 16.4. The van der Waals surface area contributed by atoms with E-state index in [1.54, 1.807) is 0 Å². The topological polar surface area (TPSA) is 32.6 Å². The lowest BCUT2D eigenvalue weighted by atomic mass is 9.98. The number of hydrogen-bond acceptors (Lipinski definition) is 2. The molecule has 0 radical (unpaired) electrons. The van der Waals surface area contributed by atoms with Gasteiger partial charge in [-0.3, -0.25) is 0 Å². The molecule has 0 fully saturated rings. The Morgan fingerprint density at radius 1 is 0.938 bits per heavy atom. The van der Waals surface area contributed by atoms with Crippen LogP contribution in [0.5, 0.6) is 0 Å². The molecule has 0 aromatic heterocycles. The summed E-state index contributed by atoms with van der Waals surface area (Å²) in [5, 5.41) is 12.6. The third-order valence-corrected chi connectivity index (χ3v) is 2.55. The minimum Gasteiger partial charge on any atom is -0.410 e. The first-order chi connectivity index (χ1) is 7.83. The van der Waals surface area contributed by atoms with Gasteiger partial charge in [0.25, 0.3) is 0 Å². The number of nitrogens with zero attached hydrogens (tertiary/aromatic N) is 1. The number of oxime groups is 1. The molecule has 2 heteroatoms. The molecule has 0 bridgehead atoms. The van der Waals surface area contributed by atoms with Crippen molar-refractivity contribution < 1.29 is 5.21 Å². The average Bonchev–Trinajstić information content (AvgIpc) is 2.34. The molecule has 0 amide bonds. The first kappa shape index (κ1) is 10.4. The molecule has 0 saturated carbocycles. The summed E-state index contributed by atoms with van der Waals surface area (Å²) in [4.78, 5) is 0. The summed E-state index contributed by atoms with van der Waals surface area (Å²) in [5.41, 5.74) is 3.58. The second-order valence-electron chi connectivity index (χ2n) is 3.63. The van der Waals surface area contributed by atoms with E-state index < -0.39 is 0 Å². The summed E-state index contributed by atoms with van der Waals surface area (Å²) in [6.45, 7) is 2.00. The van der Waals surface area contributed by atoms with Crippen molar-refractivity contribution in [2.75, 3.05) is 0 Å². The second-order valence-corrected chi connectivity index (χ2v) is 3.63. The van der Waals surface area contributed by atoms with Crippen LogP contribution in [0.15, 0.2) is 59.8 Å². The number of rotatable bonds is 2. The first-order valence-corrected chi connectivity index (χ1v) is 5.16. The fourth-order valence-corrected chi connectivity index (χ4v) is 1.70. The van der Waals surface area contributed by atoms with Crippen molar-refractivity contribution in [1.29, 1.82) is 0 Å². The van der Waals surface area contributed by atoms with E-state index in [9.17, 15) is 0 Å². The molecule has 16 heavy (non-hydrogen) atoms. The number of benzene rings is 2. The number of aryl methyl sites for hydroxylation is 1. The van der Waals surface area contributed by atoms with E-state index in [2.05, 4.69) is 5.16 Å². The van der Waals surface area contributed by atoms with Gasteiger partial charge >= 0.3 is 0 Å². The maximum absolute atomic E-state index is 9.15. The van der Waals surface area contributed by atoms with Gasteiger partial charge < -0.3 is 5.21 Å². The maximum atomic E-state index is 9.15. The summed E-state index contributed by atoms with van der Waals surface area (Å²) in [6, 6.07) is 17.5. The smallest absolute Gasteiger partial charge is 0.117 e. The maximum Gasteiger partial charge on any atom is 0.117 e. The average molecular weight is 211 g/mol. The summed E-state index contributed by atoms with van der Waals surface area (Å²) in [6.07, 6.45) is 0. The second kappa shape index (κ2) is 4.62. The molecular formula is C14H13NO. The lowest BCUT2D eigenvalue weighted by molar-refractivity contribution is 0.319. The molecule has 2 aromatic carbocycles. The van der Waals surface area contributed by atoms with Crippen LogP contribution in [0.2, 0.25) is 0 Å². The van der Waals surface area contributed by atoms with Gasteiger partial charge in [0.1, 0.15) is 5.71 Å². The molecule has 0 unspecified atom stereocenters. The molecule has 0 saturated heterocycles. The van der Waals surface area contributed by atoms with E-state index in [4.69, 9.17) is 5.21 Å². The summed E-state index contributed by atoms with van der Waals surface area (Å²) in [5.74, 6) is 0. The molecule has 2 nitrogen and oxygen atoms in total. The molecule has 0 atom stereocenters.